The molecule has 7 aromatic carbocycles. The van der Waals surface area contributed by atoms with Crippen LogP contribution >= 0.6 is 0 Å². The van der Waals surface area contributed by atoms with E-state index in [1.54, 1.807) is 30.5 Å². The minimum atomic E-state index is -1.02. The number of rotatable bonds is 10. The minimum Gasteiger partial charge on any atom is -0.488 e. The molecule has 0 bridgehead atoms. The molecule has 2 aromatic heterocycles. The van der Waals surface area contributed by atoms with Crippen molar-refractivity contribution >= 4 is 68.1 Å². The average Bonchev–Trinajstić information content (AvgIpc) is 3.85. The first-order chi connectivity index (χ1) is 29.6. The summed E-state index contributed by atoms with van der Waals surface area (Å²) in [7, 11) is 0. The van der Waals surface area contributed by atoms with E-state index in [-0.39, 0.29) is 26.6 Å². The van der Waals surface area contributed by atoms with Crippen molar-refractivity contribution in [3.63, 3.8) is 0 Å². The molecule has 9 aromatic rings. The van der Waals surface area contributed by atoms with Crippen molar-refractivity contribution in [2.24, 2.45) is 0 Å². The molecule has 1 aliphatic rings. The van der Waals surface area contributed by atoms with Gasteiger partial charge in [-0.25, -0.2) is 9.78 Å². The van der Waals surface area contributed by atoms with E-state index >= 15 is 0 Å². The van der Waals surface area contributed by atoms with Crippen molar-refractivity contribution < 1.29 is 40.5 Å². The van der Waals surface area contributed by atoms with Crippen molar-refractivity contribution in [1.82, 2.24) is 9.55 Å². The van der Waals surface area contributed by atoms with Gasteiger partial charge in [-0.3, -0.25) is 4.79 Å². The second kappa shape index (κ2) is 16.6. The van der Waals surface area contributed by atoms with Crippen molar-refractivity contribution in [2.45, 2.75) is 0 Å². The molecule has 0 fully saturated rings. The van der Waals surface area contributed by atoms with Crippen LogP contribution in [-0.4, -0.2) is 27.1 Å². The zero-order valence-corrected chi connectivity index (χ0v) is 34.5. The van der Waals surface area contributed by atoms with Gasteiger partial charge in [-0.15, -0.1) is 65.8 Å². The Morgan fingerprint density at radius 3 is 1.98 bits per heavy atom. The molecule has 8 nitrogen and oxygen atoms in total. The van der Waals surface area contributed by atoms with Gasteiger partial charge in [0, 0.05) is 49.8 Å². The monoisotopic (exact) mass is 972 g/mol. The second-order valence-corrected chi connectivity index (χ2v) is 14.2. The summed E-state index contributed by atoms with van der Waals surface area (Å²) in [6.07, 6.45) is 1.79. The van der Waals surface area contributed by atoms with Crippen LogP contribution in [0.2, 0.25) is 0 Å². The molecule has 0 saturated heterocycles. The standard InChI is InChI=1S/C52H33N4O4.Pt/c57-34-60-42-27-24-36(25-28-42)50(35-20-22-37(23-21-35)52(58)59)51(39-26-29-44-43-15-4-5-16-45(43)56(48(44)32-39)49-19-8-9-30-53-49)38-11-10-14-41(31-38)55-33-54(40-12-2-1-3-13-40)46-17-6-7-18-47(46)55;/h1-30,33-34H,(H,58,59);/q-3;/b51-50+;. The predicted molar refractivity (Wildman–Crippen MR) is 236 cm³/mol. The molecule has 0 saturated carbocycles. The largest absolute Gasteiger partial charge is 0.488 e. The van der Waals surface area contributed by atoms with Crippen LogP contribution < -0.4 is 14.5 Å². The summed E-state index contributed by atoms with van der Waals surface area (Å²) in [5, 5.41) is 12.0. The van der Waals surface area contributed by atoms with Crippen molar-refractivity contribution in [2.75, 3.05) is 9.80 Å². The first kappa shape index (κ1) is 38.9. The molecule has 0 amide bonds. The number of carbonyl (C=O) groups excluding carboxylic acids is 1. The molecule has 298 valence electrons. The van der Waals surface area contributed by atoms with Crippen LogP contribution in [0, 0.1) is 18.8 Å². The van der Waals surface area contributed by atoms with Crippen molar-refractivity contribution in [3.05, 3.63) is 229 Å². The third-order valence-electron chi connectivity index (χ3n) is 10.7. The maximum atomic E-state index is 12.1. The number of fused-ring (bicyclic) bond motifs is 4. The maximum absolute atomic E-state index is 12.1. The molecule has 0 radical (unpaired) electrons. The van der Waals surface area contributed by atoms with Crippen LogP contribution in [0.4, 0.5) is 22.7 Å². The Kier molecular flexibility index (Phi) is 10.6. The number of para-hydroxylation sites is 4. The third kappa shape index (κ3) is 7.17. The number of hydrogen-bond donors (Lipinski definition) is 1. The third-order valence-corrected chi connectivity index (χ3v) is 10.7. The second-order valence-electron chi connectivity index (χ2n) is 14.2. The van der Waals surface area contributed by atoms with Gasteiger partial charge < -0.3 is 24.2 Å². The van der Waals surface area contributed by atoms with Crippen LogP contribution in [0.15, 0.2) is 182 Å². The molecule has 0 unspecified atom stereocenters. The Morgan fingerprint density at radius 1 is 0.607 bits per heavy atom. The summed E-state index contributed by atoms with van der Waals surface area (Å²) in [5.74, 6) is 0.137. The zero-order chi connectivity index (χ0) is 40.6. The fraction of sp³-hybridized carbons (Fsp3) is 0. The first-order valence-corrected chi connectivity index (χ1v) is 19.3. The van der Waals surface area contributed by atoms with E-state index in [1.165, 1.54) is 0 Å². The molecule has 61 heavy (non-hydrogen) atoms. The Hall–Kier alpha value is -7.54. The molecule has 3 heterocycles. The Labute approximate surface area is 366 Å². The van der Waals surface area contributed by atoms with E-state index < -0.39 is 5.97 Å². The quantitative estimate of drug-likeness (QED) is 0.0830. The van der Waals surface area contributed by atoms with E-state index in [0.29, 0.717) is 12.2 Å². The van der Waals surface area contributed by atoms with Crippen LogP contribution in [0.3, 0.4) is 0 Å². The molecular weight excluding hydrogens is 940 g/mol. The average molecular weight is 973 g/mol. The predicted octanol–water partition coefficient (Wildman–Crippen LogP) is 11.4. The number of pyridine rings is 1. The fourth-order valence-corrected chi connectivity index (χ4v) is 8.01. The molecule has 1 aliphatic heterocycles. The number of anilines is 4. The van der Waals surface area contributed by atoms with Crippen molar-refractivity contribution in [1.29, 1.82) is 0 Å². The molecule has 9 heteroatoms. The van der Waals surface area contributed by atoms with Crippen LogP contribution in [0.1, 0.15) is 32.6 Å². The Morgan fingerprint density at radius 2 is 1.26 bits per heavy atom. The zero-order valence-electron chi connectivity index (χ0n) is 32.3. The van der Waals surface area contributed by atoms with Gasteiger partial charge in [0.15, 0.2) is 0 Å². The number of ether oxygens (including phenoxy) is 1. The van der Waals surface area contributed by atoms with E-state index in [9.17, 15) is 14.7 Å². The van der Waals surface area contributed by atoms with E-state index in [2.05, 4.69) is 81.7 Å². The number of aromatic nitrogens is 2. The minimum absolute atomic E-state index is 0. The normalized spacial score (nSPS) is 12.5. The summed E-state index contributed by atoms with van der Waals surface area (Å²) in [5.41, 5.74) is 10.6. The van der Waals surface area contributed by atoms with Gasteiger partial charge in [-0.2, -0.15) is 0 Å². The van der Waals surface area contributed by atoms with Gasteiger partial charge in [0.2, 0.25) is 0 Å². The number of nitrogens with zero attached hydrogens (tertiary/aromatic N) is 4. The van der Waals surface area contributed by atoms with Gasteiger partial charge >= 0.3 is 5.97 Å². The van der Waals surface area contributed by atoms with Crippen molar-refractivity contribution in [3.8, 4) is 11.6 Å². The summed E-state index contributed by atoms with van der Waals surface area (Å²) in [6, 6.07) is 64.8. The number of carbonyl (C=O) groups is 2. The first-order valence-electron chi connectivity index (χ1n) is 19.3. The van der Waals surface area contributed by atoms with Gasteiger partial charge in [0.25, 0.3) is 6.47 Å². The maximum Gasteiger partial charge on any atom is 0.335 e. The smallest absolute Gasteiger partial charge is 0.335 e. The molecule has 0 atom stereocenters. The van der Waals surface area contributed by atoms with E-state index in [0.717, 1.165) is 83.8 Å². The SMILES string of the molecule is O=COc1ccc(/C(=C(\c2[c-]c(N3[CH-]N(c4ccccc4)c4ccccc43)ccc2)c2[c-]c3c(cc2)c2ccccc2n3-c2ccccn2)c2ccc(C(=O)O)cc2)cc1.[Pt]. The number of carboxylic acid groups (broad SMARTS) is 1. The van der Waals surface area contributed by atoms with Crippen LogP contribution in [-0.2, 0) is 25.9 Å². The van der Waals surface area contributed by atoms with Crippen LogP contribution in [0.5, 0.6) is 5.75 Å². The number of carboxylic acids is 1. The summed E-state index contributed by atoms with van der Waals surface area (Å²) >= 11 is 0. The Balaban J connectivity index is 0.00000476. The van der Waals surface area contributed by atoms with Gasteiger partial charge in [-0.1, -0.05) is 89.9 Å². The van der Waals surface area contributed by atoms with E-state index in [1.807, 2.05) is 103 Å². The molecule has 0 spiro atoms. The molecule has 0 aliphatic carbocycles. The molecular formula is C52H33N4O4Pt-3. The summed E-state index contributed by atoms with van der Waals surface area (Å²) in [6.45, 7) is 2.49. The number of aromatic carboxylic acids is 1. The summed E-state index contributed by atoms with van der Waals surface area (Å²) < 4.78 is 7.33. The topological polar surface area (TPSA) is 87.9 Å². The van der Waals surface area contributed by atoms with Crippen LogP contribution in [0.25, 0.3) is 38.8 Å². The van der Waals surface area contributed by atoms with Gasteiger partial charge in [0.05, 0.1) is 5.56 Å². The van der Waals surface area contributed by atoms with Gasteiger partial charge in [0.1, 0.15) is 11.6 Å². The van der Waals surface area contributed by atoms with E-state index in [4.69, 9.17) is 9.72 Å². The number of hydrogen-bond acceptors (Lipinski definition) is 6. The summed E-state index contributed by atoms with van der Waals surface area (Å²) in [4.78, 5) is 32.4. The van der Waals surface area contributed by atoms with Gasteiger partial charge in [-0.05, 0) is 94.3 Å². The number of benzene rings is 7. The molecule has 1 N–H and O–H groups in total. The Bertz CT molecular complexity index is 3090. The molecule has 10 rings (SSSR count). The fourth-order valence-electron chi connectivity index (χ4n) is 8.01.